The fourth-order valence-corrected chi connectivity index (χ4v) is 5.77. The van der Waals surface area contributed by atoms with E-state index in [1.807, 2.05) is 0 Å². The van der Waals surface area contributed by atoms with Crippen LogP contribution in [0.3, 0.4) is 0 Å². The summed E-state index contributed by atoms with van der Waals surface area (Å²) in [5.74, 6) is 0. The zero-order valence-electron chi connectivity index (χ0n) is 12.8. The van der Waals surface area contributed by atoms with E-state index in [-0.39, 0.29) is 0 Å². The summed E-state index contributed by atoms with van der Waals surface area (Å²) in [6, 6.07) is 32.3. The quantitative estimate of drug-likeness (QED) is 0.636. The van der Waals surface area contributed by atoms with Crippen LogP contribution in [0, 0.1) is 0 Å². The number of hydrogen-bond acceptors (Lipinski definition) is 0. The smallest absolute Gasteiger partial charge is 0.0855 e. The van der Waals surface area contributed by atoms with E-state index in [2.05, 4.69) is 109 Å². The van der Waals surface area contributed by atoms with Gasteiger partial charge in [0.15, 0.2) is 0 Å². The molecule has 22 heavy (non-hydrogen) atoms. The third kappa shape index (κ3) is 3.10. The highest BCUT2D eigenvalue weighted by atomic mass is 28.3. The van der Waals surface area contributed by atoms with Crippen LogP contribution in [-0.4, -0.2) is 8.07 Å². The Morgan fingerprint density at radius 1 is 0.591 bits per heavy atom. The van der Waals surface area contributed by atoms with Crippen molar-refractivity contribution in [1.29, 1.82) is 0 Å². The Labute approximate surface area is 133 Å². The molecule has 0 aromatic heterocycles. The second-order valence-corrected chi connectivity index (χ2v) is 9.57. The Kier molecular flexibility index (Phi) is 4.36. The minimum absolute atomic E-state index is 1.26. The predicted octanol–water partition coefficient (Wildman–Crippen LogP) is 4.13. The molecule has 0 heterocycles. The first kappa shape index (κ1) is 14.5. The van der Waals surface area contributed by atoms with Crippen LogP contribution in [0.1, 0.15) is 5.56 Å². The highest BCUT2D eigenvalue weighted by Gasteiger charge is 2.28. The molecule has 1 heteroatoms. The zero-order valence-corrected chi connectivity index (χ0v) is 13.8. The van der Waals surface area contributed by atoms with Gasteiger partial charge in [-0.3, -0.25) is 0 Å². The van der Waals surface area contributed by atoms with Gasteiger partial charge in [0.05, 0.1) is 0 Å². The average molecular weight is 300 g/mol. The maximum Gasteiger partial charge on any atom is 0.138 e. The van der Waals surface area contributed by atoms with E-state index in [1.165, 1.54) is 15.9 Å². The molecule has 108 valence electrons. The highest BCUT2D eigenvalue weighted by molar-refractivity contribution is 7.05. The fraction of sp³-hybridized carbons (Fsp3) is 0.0476. The van der Waals surface area contributed by atoms with Gasteiger partial charge < -0.3 is 0 Å². The van der Waals surface area contributed by atoms with Crippen molar-refractivity contribution >= 4 is 24.5 Å². The Morgan fingerprint density at radius 2 is 1.00 bits per heavy atom. The lowest BCUT2D eigenvalue weighted by atomic mass is 10.2. The molecule has 0 unspecified atom stereocenters. The summed E-state index contributed by atoms with van der Waals surface area (Å²) in [5.41, 5.74) is 3.69. The van der Waals surface area contributed by atoms with Crippen molar-refractivity contribution in [2.24, 2.45) is 0 Å². The molecule has 0 aliphatic carbocycles. The molecule has 0 aliphatic rings. The molecule has 0 atom stereocenters. The van der Waals surface area contributed by atoms with Crippen molar-refractivity contribution in [1.82, 2.24) is 0 Å². The third-order valence-electron chi connectivity index (χ3n) is 4.16. The topological polar surface area (TPSA) is 0 Å². The second-order valence-electron chi connectivity index (χ2n) is 5.68. The molecule has 0 bridgehead atoms. The second kappa shape index (κ2) is 6.59. The van der Waals surface area contributed by atoms with Gasteiger partial charge >= 0.3 is 0 Å². The van der Waals surface area contributed by atoms with E-state index < -0.39 is 8.07 Å². The van der Waals surface area contributed by atoms with E-state index >= 15 is 0 Å². The van der Waals surface area contributed by atoms with Gasteiger partial charge in [0.25, 0.3) is 0 Å². The van der Waals surface area contributed by atoms with Gasteiger partial charge in [-0.2, -0.15) is 0 Å². The minimum atomic E-state index is -1.86. The molecule has 0 saturated carbocycles. The summed E-state index contributed by atoms with van der Waals surface area (Å²) < 4.78 is 0. The number of benzene rings is 3. The first-order chi connectivity index (χ1) is 10.8. The largest absolute Gasteiger partial charge is 0.138 e. The lowest BCUT2D eigenvalue weighted by Crippen LogP contribution is -2.54. The van der Waals surface area contributed by atoms with E-state index in [4.69, 9.17) is 0 Å². The maximum atomic E-state index is 2.44. The predicted molar refractivity (Wildman–Crippen MR) is 99.2 cm³/mol. The number of hydrogen-bond donors (Lipinski definition) is 0. The van der Waals surface area contributed by atoms with Crippen LogP contribution in [0.5, 0.6) is 0 Å². The van der Waals surface area contributed by atoms with Crippen molar-refractivity contribution < 1.29 is 0 Å². The normalized spacial score (nSPS) is 11.7. The Balaban J connectivity index is 2.06. The van der Waals surface area contributed by atoms with Crippen LogP contribution >= 0.6 is 0 Å². The molecule has 3 rings (SSSR count). The van der Waals surface area contributed by atoms with E-state index in [1.54, 1.807) is 0 Å². The van der Waals surface area contributed by atoms with E-state index in [0.29, 0.717) is 0 Å². The van der Waals surface area contributed by atoms with Crippen molar-refractivity contribution in [3.05, 3.63) is 102 Å². The summed E-state index contributed by atoms with van der Waals surface area (Å²) in [5, 5.41) is 2.88. The third-order valence-corrected chi connectivity index (χ3v) is 8.05. The first-order valence-electron chi connectivity index (χ1n) is 7.64. The molecule has 0 aliphatic heterocycles. The van der Waals surface area contributed by atoms with Crippen LogP contribution in [0.25, 0.3) is 6.08 Å². The van der Waals surface area contributed by atoms with Gasteiger partial charge in [-0.15, -0.1) is 0 Å². The van der Waals surface area contributed by atoms with Gasteiger partial charge in [0.1, 0.15) is 8.07 Å². The van der Waals surface area contributed by atoms with Gasteiger partial charge in [0, 0.05) is 0 Å². The molecule has 0 spiro atoms. The van der Waals surface area contributed by atoms with Crippen molar-refractivity contribution in [2.75, 3.05) is 0 Å². The van der Waals surface area contributed by atoms with Gasteiger partial charge in [-0.1, -0.05) is 120 Å². The van der Waals surface area contributed by atoms with Crippen LogP contribution in [0.4, 0.5) is 0 Å². The van der Waals surface area contributed by atoms with Crippen LogP contribution in [0.2, 0.25) is 6.55 Å². The average Bonchev–Trinajstić information content (AvgIpc) is 2.62. The molecule has 0 amide bonds. The van der Waals surface area contributed by atoms with E-state index in [0.717, 1.165) is 0 Å². The molecular weight excluding hydrogens is 280 g/mol. The molecular formula is C21H20Si. The molecule has 3 aromatic carbocycles. The Bertz CT molecular complexity index is 691. The van der Waals surface area contributed by atoms with Crippen LogP contribution < -0.4 is 10.4 Å². The van der Waals surface area contributed by atoms with Crippen molar-refractivity contribution in [3.8, 4) is 0 Å². The summed E-state index contributed by atoms with van der Waals surface area (Å²) in [6.07, 6.45) is 2.27. The summed E-state index contributed by atoms with van der Waals surface area (Å²) in [4.78, 5) is 0. The van der Waals surface area contributed by atoms with Gasteiger partial charge in [-0.05, 0) is 5.56 Å². The van der Waals surface area contributed by atoms with E-state index in [9.17, 15) is 0 Å². The SMILES string of the molecule is C[Si](/C=C\c1ccccc1)(c1ccccc1)c1ccccc1. The summed E-state index contributed by atoms with van der Waals surface area (Å²) in [7, 11) is -1.86. The molecule has 3 aromatic rings. The molecule has 0 radical (unpaired) electrons. The van der Waals surface area contributed by atoms with Gasteiger partial charge in [-0.25, -0.2) is 0 Å². The number of rotatable bonds is 4. The molecule has 0 fully saturated rings. The lowest BCUT2D eigenvalue weighted by molar-refractivity contribution is 1.66. The Hall–Kier alpha value is -2.38. The summed E-state index contributed by atoms with van der Waals surface area (Å²) >= 11 is 0. The monoisotopic (exact) mass is 300 g/mol. The minimum Gasteiger partial charge on any atom is -0.0855 e. The maximum absolute atomic E-state index is 2.44. The fourth-order valence-electron chi connectivity index (χ4n) is 2.75. The van der Waals surface area contributed by atoms with Crippen molar-refractivity contribution in [3.63, 3.8) is 0 Å². The first-order valence-corrected chi connectivity index (χ1v) is 10.2. The standard InChI is InChI=1S/C21H20Si/c1-22(20-13-7-3-8-14-20,21-15-9-4-10-16-21)18-17-19-11-5-2-6-12-19/h2-18H,1H3/b18-17-. The van der Waals surface area contributed by atoms with Crippen LogP contribution in [0.15, 0.2) is 96.7 Å². The Morgan fingerprint density at radius 3 is 1.45 bits per heavy atom. The van der Waals surface area contributed by atoms with Crippen LogP contribution in [-0.2, 0) is 0 Å². The molecule has 0 nitrogen and oxygen atoms in total. The zero-order chi connectivity index (χ0) is 15.3. The highest BCUT2D eigenvalue weighted by Crippen LogP contribution is 2.11. The van der Waals surface area contributed by atoms with Gasteiger partial charge in [0.2, 0.25) is 0 Å². The molecule has 0 N–H and O–H groups in total. The summed E-state index contributed by atoms with van der Waals surface area (Å²) in [6.45, 7) is 2.41. The lowest BCUT2D eigenvalue weighted by Gasteiger charge is -2.25. The van der Waals surface area contributed by atoms with Crippen molar-refractivity contribution in [2.45, 2.75) is 6.55 Å². The molecule has 0 saturated heterocycles.